The number of rotatable bonds is 6. The van der Waals surface area contributed by atoms with E-state index in [2.05, 4.69) is 35.4 Å². The standard InChI is InChI=1S/C11H18ClN3OS/c1-11(2,17-4)7-13-9-5-8(12)14-10(15-9)6-16-3/h5H,6-7H2,1-4H3,(H,13,14,15). The maximum absolute atomic E-state index is 5.92. The highest BCUT2D eigenvalue weighted by molar-refractivity contribution is 7.99. The molecule has 1 aromatic rings. The number of anilines is 1. The molecule has 0 unspecified atom stereocenters. The first-order chi connectivity index (χ1) is 7.96. The first-order valence-corrected chi connectivity index (χ1v) is 6.88. The zero-order valence-corrected chi connectivity index (χ0v) is 12.2. The highest BCUT2D eigenvalue weighted by Crippen LogP contribution is 2.22. The van der Waals surface area contributed by atoms with Gasteiger partial charge in [-0.15, -0.1) is 0 Å². The van der Waals surface area contributed by atoms with Crippen LogP contribution in [-0.2, 0) is 11.3 Å². The Morgan fingerprint density at radius 1 is 1.47 bits per heavy atom. The van der Waals surface area contributed by atoms with E-state index in [1.165, 1.54) is 0 Å². The lowest BCUT2D eigenvalue weighted by molar-refractivity contribution is 0.178. The van der Waals surface area contributed by atoms with Crippen LogP contribution in [0.5, 0.6) is 0 Å². The van der Waals surface area contributed by atoms with Gasteiger partial charge in [-0.25, -0.2) is 9.97 Å². The van der Waals surface area contributed by atoms with Crippen molar-refractivity contribution in [3.05, 3.63) is 17.0 Å². The Bertz CT molecular complexity index is 374. The van der Waals surface area contributed by atoms with Gasteiger partial charge in [0.15, 0.2) is 5.82 Å². The number of ether oxygens (including phenoxy) is 1. The molecule has 1 N–H and O–H groups in total. The molecule has 96 valence electrons. The zero-order valence-electron chi connectivity index (χ0n) is 10.6. The van der Waals surface area contributed by atoms with Crippen molar-refractivity contribution in [2.24, 2.45) is 0 Å². The van der Waals surface area contributed by atoms with E-state index in [0.29, 0.717) is 17.6 Å². The predicted octanol–water partition coefficient (Wildman–Crippen LogP) is 2.83. The third-order valence-corrected chi connectivity index (χ3v) is 3.71. The second-order valence-electron chi connectivity index (χ2n) is 4.24. The molecule has 6 heteroatoms. The van der Waals surface area contributed by atoms with Crippen LogP contribution >= 0.6 is 23.4 Å². The molecule has 0 radical (unpaired) electrons. The molecule has 0 fully saturated rings. The molecule has 1 heterocycles. The van der Waals surface area contributed by atoms with E-state index < -0.39 is 0 Å². The fraction of sp³-hybridized carbons (Fsp3) is 0.636. The highest BCUT2D eigenvalue weighted by Gasteiger charge is 2.15. The van der Waals surface area contributed by atoms with Crippen LogP contribution in [0.15, 0.2) is 6.07 Å². The number of hydrogen-bond acceptors (Lipinski definition) is 5. The summed E-state index contributed by atoms with van der Waals surface area (Å²) in [5.41, 5.74) is 0. The van der Waals surface area contributed by atoms with Gasteiger partial charge in [0.1, 0.15) is 17.6 Å². The Labute approximate surface area is 112 Å². The summed E-state index contributed by atoms with van der Waals surface area (Å²) in [5, 5.41) is 3.69. The molecular weight excluding hydrogens is 258 g/mol. The van der Waals surface area contributed by atoms with Crippen LogP contribution in [-0.4, -0.2) is 34.6 Å². The van der Waals surface area contributed by atoms with Gasteiger partial charge < -0.3 is 10.1 Å². The minimum absolute atomic E-state index is 0.152. The smallest absolute Gasteiger partial charge is 0.158 e. The van der Waals surface area contributed by atoms with Crippen LogP contribution in [0.1, 0.15) is 19.7 Å². The molecule has 1 rings (SSSR count). The minimum atomic E-state index is 0.152. The predicted molar refractivity (Wildman–Crippen MR) is 73.8 cm³/mol. The van der Waals surface area contributed by atoms with Gasteiger partial charge in [-0.2, -0.15) is 11.8 Å². The number of nitrogens with zero attached hydrogens (tertiary/aromatic N) is 2. The number of aromatic nitrogens is 2. The molecule has 1 aromatic heterocycles. The second-order valence-corrected chi connectivity index (χ2v) is 6.14. The largest absolute Gasteiger partial charge is 0.377 e. The average Bonchev–Trinajstić information content (AvgIpc) is 2.26. The second kappa shape index (κ2) is 6.42. The monoisotopic (exact) mass is 275 g/mol. The summed E-state index contributed by atoms with van der Waals surface area (Å²) in [7, 11) is 1.61. The van der Waals surface area contributed by atoms with Crippen molar-refractivity contribution in [1.82, 2.24) is 9.97 Å². The van der Waals surface area contributed by atoms with E-state index in [0.717, 1.165) is 12.4 Å². The van der Waals surface area contributed by atoms with Gasteiger partial charge in [0.25, 0.3) is 0 Å². The third kappa shape index (κ3) is 5.10. The molecule has 0 bridgehead atoms. The first-order valence-electron chi connectivity index (χ1n) is 5.28. The first kappa shape index (κ1) is 14.5. The molecular formula is C11H18ClN3OS. The number of halogens is 1. The lowest BCUT2D eigenvalue weighted by Crippen LogP contribution is -2.26. The molecule has 0 aliphatic rings. The van der Waals surface area contributed by atoms with E-state index in [1.807, 2.05) is 0 Å². The number of nitrogens with one attached hydrogen (secondary N) is 1. The molecule has 0 aliphatic carbocycles. The molecule has 0 saturated heterocycles. The lowest BCUT2D eigenvalue weighted by atomic mass is 10.2. The lowest BCUT2D eigenvalue weighted by Gasteiger charge is -2.22. The van der Waals surface area contributed by atoms with Crippen molar-refractivity contribution >= 4 is 29.2 Å². The minimum Gasteiger partial charge on any atom is -0.377 e. The Morgan fingerprint density at radius 2 is 2.18 bits per heavy atom. The summed E-state index contributed by atoms with van der Waals surface area (Å²) in [6.45, 7) is 5.52. The van der Waals surface area contributed by atoms with Crippen LogP contribution in [0.3, 0.4) is 0 Å². The summed E-state index contributed by atoms with van der Waals surface area (Å²) in [6.07, 6.45) is 2.09. The van der Waals surface area contributed by atoms with Crippen LogP contribution < -0.4 is 5.32 Å². The molecule has 17 heavy (non-hydrogen) atoms. The Morgan fingerprint density at radius 3 is 2.76 bits per heavy atom. The summed E-state index contributed by atoms with van der Waals surface area (Å²) in [6, 6.07) is 1.72. The Kier molecular flexibility index (Phi) is 5.49. The zero-order chi connectivity index (χ0) is 12.9. The average molecular weight is 276 g/mol. The van der Waals surface area contributed by atoms with Crippen molar-refractivity contribution in [1.29, 1.82) is 0 Å². The topological polar surface area (TPSA) is 47.0 Å². The van der Waals surface area contributed by atoms with Crippen molar-refractivity contribution in [2.45, 2.75) is 25.2 Å². The van der Waals surface area contributed by atoms with Crippen molar-refractivity contribution in [3.63, 3.8) is 0 Å². The molecule has 0 amide bonds. The van der Waals surface area contributed by atoms with Crippen molar-refractivity contribution in [3.8, 4) is 0 Å². The number of hydrogen-bond donors (Lipinski definition) is 1. The van der Waals surface area contributed by atoms with Crippen LogP contribution in [0.4, 0.5) is 5.82 Å². The van der Waals surface area contributed by atoms with E-state index in [-0.39, 0.29) is 4.75 Å². The van der Waals surface area contributed by atoms with E-state index >= 15 is 0 Å². The molecule has 0 spiro atoms. The van der Waals surface area contributed by atoms with Gasteiger partial charge >= 0.3 is 0 Å². The van der Waals surface area contributed by atoms with Gasteiger partial charge in [-0.3, -0.25) is 0 Å². The molecule has 4 nitrogen and oxygen atoms in total. The third-order valence-electron chi connectivity index (χ3n) is 2.26. The van der Waals surface area contributed by atoms with Crippen LogP contribution in [0, 0.1) is 0 Å². The summed E-state index contributed by atoms with van der Waals surface area (Å²) >= 11 is 7.72. The van der Waals surface area contributed by atoms with Gasteiger partial charge in [0.05, 0.1) is 0 Å². The quantitative estimate of drug-likeness (QED) is 0.809. The van der Waals surface area contributed by atoms with Gasteiger partial charge in [-0.05, 0) is 20.1 Å². The van der Waals surface area contributed by atoms with Crippen molar-refractivity contribution in [2.75, 3.05) is 25.2 Å². The number of thioether (sulfide) groups is 1. The normalized spacial score (nSPS) is 11.6. The van der Waals surface area contributed by atoms with E-state index in [9.17, 15) is 0 Å². The van der Waals surface area contributed by atoms with Crippen molar-refractivity contribution < 1.29 is 4.74 Å². The molecule has 0 aliphatic heterocycles. The van der Waals surface area contributed by atoms with Crippen LogP contribution in [0.2, 0.25) is 5.15 Å². The van der Waals surface area contributed by atoms with Gasteiger partial charge in [-0.1, -0.05) is 11.6 Å². The van der Waals surface area contributed by atoms with Crippen LogP contribution in [0.25, 0.3) is 0 Å². The fourth-order valence-electron chi connectivity index (χ4n) is 1.12. The highest BCUT2D eigenvalue weighted by atomic mass is 35.5. The molecule has 0 atom stereocenters. The van der Waals surface area contributed by atoms with Gasteiger partial charge in [0, 0.05) is 24.5 Å². The maximum atomic E-state index is 5.92. The summed E-state index contributed by atoms with van der Waals surface area (Å²) in [5.74, 6) is 1.32. The maximum Gasteiger partial charge on any atom is 0.158 e. The van der Waals surface area contributed by atoms with E-state index in [1.54, 1.807) is 24.9 Å². The van der Waals surface area contributed by atoms with Gasteiger partial charge in [0.2, 0.25) is 0 Å². The Balaban J connectivity index is 2.70. The summed E-state index contributed by atoms with van der Waals surface area (Å²) < 4.78 is 5.14. The fourth-order valence-corrected chi connectivity index (χ4v) is 1.54. The molecule has 0 saturated carbocycles. The van der Waals surface area contributed by atoms with E-state index in [4.69, 9.17) is 16.3 Å². The summed E-state index contributed by atoms with van der Waals surface area (Å²) in [4.78, 5) is 8.39. The SMILES string of the molecule is COCc1nc(Cl)cc(NCC(C)(C)SC)n1. The number of methoxy groups -OCH3 is 1. The Hall–Kier alpha value is -0.520. The molecule has 0 aromatic carbocycles.